The lowest BCUT2D eigenvalue weighted by molar-refractivity contribution is -0.274. The Kier molecular flexibility index (Phi) is 7.07. The number of nitrogens with one attached hydrogen (secondary N) is 2. The van der Waals surface area contributed by atoms with Crippen LogP contribution in [0, 0.1) is 0 Å². The number of anilines is 2. The summed E-state index contributed by atoms with van der Waals surface area (Å²) in [7, 11) is 2.77. The van der Waals surface area contributed by atoms with Gasteiger partial charge in [-0.3, -0.25) is 9.59 Å². The lowest BCUT2D eigenvalue weighted by Gasteiger charge is -2.16. The zero-order valence-corrected chi connectivity index (χ0v) is 17.5. The van der Waals surface area contributed by atoms with Crippen molar-refractivity contribution in [2.75, 3.05) is 24.9 Å². The summed E-state index contributed by atoms with van der Waals surface area (Å²) in [6, 6.07) is 15.9. The van der Waals surface area contributed by atoms with Crippen molar-refractivity contribution in [3.05, 3.63) is 77.9 Å². The molecule has 33 heavy (non-hydrogen) atoms. The van der Waals surface area contributed by atoms with Gasteiger partial charge in [0.05, 0.1) is 25.6 Å². The van der Waals surface area contributed by atoms with Crippen LogP contribution in [0.1, 0.15) is 20.7 Å². The minimum absolute atomic E-state index is 0.0898. The fraction of sp³-hybridized carbons (Fsp3) is 0.130. The highest BCUT2D eigenvalue weighted by Crippen LogP contribution is 2.37. The van der Waals surface area contributed by atoms with E-state index in [1.807, 2.05) is 0 Å². The third-order valence-electron chi connectivity index (χ3n) is 4.40. The molecule has 2 amide bonds. The largest absolute Gasteiger partial charge is 0.573 e. The predicted octanol–water partition coefficient (Wildman–Crippen LogP) is 5.11. The van der Waals surface area contributed by atoms with Gasteiger partial charge in [-0.15, -0.1) is 13.2 Å². The first-order valence-electron chi connectivity index (χ1n) is 9.49. The van der Waals surface area contributed by atoms with E-state index in [0.717, 1.165) is 12.1 Å². The van der Waals surface area contributed by atoms with Crippen molar-refractivity contribution in [2.45, 2.75) is 6.36 Å². The standard InChI is InChI=1S/C23H19F3N2O5/c1-31-19-13-18(28-22(30)15-8-10-16(11-9-15)33-23(24,25)26)20(32-2)12-17(19)27-21(29)14-6-4-3-5-7-14/h3-13H,1-2H3,(H,27,29)(H,28,30). The van der Waals surface area contributed by atoms with Gasteiger partial charge in [0.1, 0.15) is 17.2 Å². The Hall–Kier alpha value is -4.21. The van der Waals surface area contributed by atoms with Gasteiger partial charge in [0.15, 0.2) is 0 Å². The maximum absolute atomic E-state index is 12.6. The highest BCUT2D eigenvalue weighted by atomic mass is 19.4. The van der Waals surface area contributed by atoms with E-state index in [1.54, 1.807) is 30.3 Å². The molecule has 0 saturated carbocycles. The van der Waals surface area contributed by atoms with Crippen LogP contribution >= 0.6 is 0 Å². The van der Waals surface area contributed by atoms with Crippen LogP contribution in [0.5, 0.6) is 17.2 Å². The van der Waals surface area contributed by atoms with Crippen LogP contribution in [-0.4, -0.2) is 32.4 Å². The molecule has 0 radical (unpaired) electrons. The molecule has 3 rings (SSSR count). The van der Waals surface area contributed by atoms with Gasteiger partial charge in [-0.05, 0) is 36.4 Å². The molecule has 0 aliphatic heterocycles. The van der Waals surface area contributed by atoms with Crippen LogP contribution < -0.4 is 24.8 Å². The Labute approximate surface area is 187 Å². The van der Waals surface area contributed by atoms with Crippen molar-refractivity contribution < 1.29 is 37.0 Å². The number of methoxy groups -OCH3 is 2. The van der Waals surface area contributed by atoms with Crippen molar-refractivity contribution in [3.63, 3.8) is 0 Å². The van der Waals surface area contributed by atoms with E-state index >= 15 is 0 Å². The molecule has 172 valence electrons. The van der Waals surface area contributed by atoms with E-state index in [1.165, 1.54) is 38.5 Å². The number of amides is 2. The fourth-order valence-electron chi connectivity index (χ4n) is 2.88. The first kappa shape index (κ1) is 23.5. The van der Waals surface area contributed by atoms with E-state index in [-0.39, 0.29) is 28.7 Å². The van der Waals surface area contributed by atoms with Crippen molar-refractivity contribution in [1.29, 1.82) is 0 Å². The number of carbonyl (C=O) groups excluding carboxylic acids is 2. The van der Waals surface area contributed by atoms with Crippen LogP contribution in [-0.2, 0) is 0 Å². The molecule has 2 N–H and O–H groups in total. The molecule has 10 heteroatoms. The Balaban J connectivity index is 1.80. The summed E-state index contributed by atoms with van der Waals surface area (Å²) < 4.78 is 51.3. The van der Waals surface area contributed by atoms with Crippen LogP contribution in [0.4, 0.5) is 24.5 Å². The number of ether oxygens (including phenoxy) is 3. The normalized spacial score (nSPS) is 10.8. The van der Waals surface area contributed by atoms with Gasteiger partial charge in [0, 0.05) is 23.3 Å². The second-order valence-corrected chi connectivity index (χ2v) is 6.60. The molecule has 0 saturated heterocycles. The molecule has 0 bridgehead atoms. The topological polar surface area (TPSA) is 85.9 Å². The van der Waals surface area contributed by atoms with Gasteiger partial charge in [-0.2, -0.15) is 0 Å². The fourth-order valence-corrected chi connectivity index (χ4v) is 2.88. The van der Waals surface area contributed by atoms with Crippen LogP contribution in [0.15, 0.2) is 66.7 Å². The molecule has 0 unspecified atom stereocenters. The maximum atomic E-state index is 12.6. The molecule has 0 aromatic heterocycles. The first-order chi connectivity index (χ1) is 15.7. The van der Waals surface area contributed by atoms with E-state index in [0.29, 0.717) is 11.3 Å². The summed E-state index contributed by atoms with van der Waals surface area (Å²) in [5.74, 6) is -0.936. The van der Waals surface area contributed by atoms with E-state index < -0.39 is 18.0 Å². The van der Waals surface area contributed by atoms with Crippen molar-refractivity contribution >= 4 is 23.2 Å². The zero-order chi connectivity index (χ0) is 24.0. The maximum Gasteiger partial charge on any atom is 0.573 e. The second-order valence-electron chi connectivity index (χ2n) is 6.60. The molecular weight excluding hydrogens is 441 g/mol. The Morgan fingerprint density at radius 3 is 1.61 bits per heavy atom. The number of benzene rings is 3. The number of carbonyl (C=O) groups is 2. The number of halogens is 3. The highest BCUT2D eigenvalue weighted by Gasteiger charge is 2.31. The van der Waals surface area contributed by atoms with E-state index in [4.69, 9.17) is 9.47 Å². The quantitative estimate of drug-likeness (QED) is 0.512. The average Bonchev–Trinajstić information content (AvgIpc) is 2.79. The third-order valence-corrected chi connectivity index (χ3v) is 4.40. The SMILES string of the molecule is COc1cc(NC(=O)c2ccc(OC(F)(F)F)cc2)c(OC)cc1NC(=O)c1ccccc1. The summed E-state index contributed by atoms with van der Waals surface area (Å²) in [6.07, 6.45) is -4.83. The summed E-state index contributed by atoms with van der Waals surface area (Å²) in [5.41, 5.74) is 1.07. The third kappa shape index (κ3) is 6.16. The lowest BCUT2D eigenvalue weighted by atomic mass is 10.1. The lowest BCUT2D eigenvalue weighted by Crippen LogP contribution is -2.17. The van der Waals surface area contributed by atoms with Crippen LogP contribution in [0.2, 0.25) is 0 Å². The molecule has 0 aliphatic rings. The Morgan fingerprint density at radius 2 is 1.18 bits per heavy atom. The Bertz CT molecular complexity index is 1130. The zero-order valence-electron chi connectivity index (χ0n) is 17.5. The van der Waals surface area contributed by atoms with Gasteiger partial charge in [-0.25, -0.2) is 0 Å². The van der Waals surface area contributed by atoms with Gasteiger partial charge in [-0.1, -0.05) is 18.2 Å². The molecular formula is C23H19F3N2O5. The number of hydrogen-bond donors (Lipinski definition) is 2. The van der Waals surface area contributed by atoms with E-state index in [9.17, 15) is 22.8 Å². The summed E-state index contributed by atoms with van der Waals surface area (Å²) >= 11 is 0. The first-order valence-corrected chi connectivity index (χ1v) is 9.49. The Morgan fingerprint density at radius 1 is 0.727 bits per heavy atom. The number of rotatable bonds is 7. The molecule has 0 atom stereocenters. The van der Waals surface area contributed by atoms with Crippen molar-refractivity contribution in [1.82, 2.24) is 0 Å². The van der Waals surface area contributed by atoms with E-state index in [2.05, 4.69) is 15.4 Å². The monoisotopic (exact) mass is 460 g/mol. The molecule has 0 aliphatic carbocycles. The predicted molar refractivity (Wildman–Crippen MR) is 115 cm³/mol. The number of alkyl halides is 3. The molecule has 0 heterocycles. The molecule has 0 fully saturated rings. The number of hydrogen-bond acceptors (Lipinski definition) is 5. The molecule has 0 spiro atoms. The second kappa shape index (κ2) is 9.94. The highest BCUT2D eigenvalue weighted by molar-refractivity contribution is 6.07. The summed E-state index contributed by atoms with van der Waals surface area (Å²) in [5, 5.41) is 5.34. The van der Waals surface area contributed by atoms with Gasteiger partial charge >= 0.3 is 6.36 Å². The minimum Gasteiger partial charge on any atom is -0.494 e. The van der Waals surface area contributed by atoms with Crippen LogP contribution in [0.3, 0.4) is 0 Å². The van der Waals surface area contributed by atoms with Gasteiger partial charge in [0.2, 0.25) is 0 Å². The summed E-state index contributed by atoms with van der Waals surface area (Å²) in [4.78, 5) is 25.1. The molecule has 3 aromatic rings. The van der Waals surface area contributed by atoms with Gasteiger partial charge in [0.25, 0.3) is 11.8 Å². The summed E-state index contributed by atoms with van der Waals surface area (Å²) in [6.45, 7) is 0. The van der Waals surface area contributed by atoms with Crippen molar-refractivity contribution in [3.8, 4) is 17.2 Å². The molecule has 3 aromatic carbocycles. The minimum atomic E-state index is -4.83. The average molecular weight is 460 g/mol. The molecule has 7 nitrogen and oxygen atoms in total. The van der Waals surface area contributed by atoms with Crippen molar-refractivity contribution in [2.24, 2.45) is 0 Å². The van der Waals surface area contributed by atoms with Gasteiger partial charge < -0.3 is 24.8 Å². The van der Waals surface area contributed by atoms with Crippen LogP contribution in [0.25, 0.3) is 0 Å². The smallest absolute Gasteiger partial charge is 0.494 e.